The summed E-state index contributed by atoms with van der Waals surface area (Å²) >= 11 is 6.22. The molecule has 4 N–H and O–H groups in total. The Kier molecular flexibility index (Phi) is 8.81. The fourth-order valence-corrected chi connectivity index (χ4v) is 4.29. The smallest absolute Gasteiger partial charge is 0.312 e. The lowest BCUT2D eigenvalue weighted by Gasteiger charge is -2.33. The van der Waals surface area contributed by atoms with Crippen LogP contribution in [0.15, 0.2) is 60.4 Å². The molecule has 1 aliphatic carbocycles. The molecular formula is C27H35ClN2O3. The summed E-state index contributed by atoms with van der Waals surface area (Å²) in [6, 6.07) is 15.8. The Hall–Kier alpha value is -2.50. The van der Waals surface area contributed by atoms with E-state index in [9.17, 15) is 9.90 Å². The fraction of sp³-hybridized carbons (Fsp3) is 0.444. The van der Waals surface area contributed by atoms with Gasteiger partial charge in [0.25, 0.3) is 0 Å². The maximum atomic E-state index is 13.2. The summed E-state index contributed by atoms with van der Waals surface area (Å²) in [5.74, 6) is -0.439. The fourth-order valence-electron chi connectivity index (χ4n) is 4.11. The van der Waals surface area contributed by atoms with Crippen LogP contribution in [0.1, 0.15) is 68.6 Å². The highest BCUT2D eigenvalue weighted by Crippen LogP contribution is 2.41. The van der Waals surface area contributed by atoms with Crippen LogP contribution in [0.2, 0.25) is 5.02 Å². The molecule has 1 saturated carbocycles. The molecule has 0 saturated heterocycles. The third kappa shape index (κ3) is 6.75. The van der Waals surface area contributed by atoms with Crippen LogP contribution in [0.4, 0.5) is 0 Å². The number of hydrogen-bond donors (Lipinski definition) is 3. The van der Waals surface area contributed by atoms with E-state index < -0.39 is 5.41 Å². The molecular weight excluding hydrogens is 436 g/mol. The van der Waals surface area contributed by atoms with Gasteiger partial charge in [-0.3, -0.25) is 4.79 Å². The summed E-state index contributed by atoms with van der Waals surface area (Å²) in [4.78, 5) is 13.2. The number of hydrogen-bond acceptors (Lipinski definition) is 5. The van der Waals surface area contributed by atoms with E-state index in [0.717, 1.165) is 16.8 Å². The summed E-state index contributed by atoms with van der Waals surface area (Å²) in [7, 11) is 0. The van der Waals surface area contributed by atoms with Crippen LogP contribution in [-0.2, 0) is 22.7 Å². The summed E-state index contributed by atoms with van der Waals surface area (Å²) in [6.07, 6.45) is 6.83. The number of aliphatic hydroxyl groups is 1. The molecule has 1 aliphatic rings. The molecule has 0 heterocycles. The minimum atomic E-state index is -0.809. The van der Waals surface area contributed by atoms with Crippen LogP contribution in [0.5, 0.6) is 0 Å². The highest BCUT2D eigenvalue weighted by atomic mass is 35.5. The zero-order valence-corrected chi connectivity index (χ0v) is 20.3. The standard InChI is InChI=1S/C27H35ClN2O3/c1-27(2,26(32)33-18-19-7-4-3-5-8-19)24(20-11-14-25(28)21(15-20)17-31)13-12-22(29)16-30-23-9-6-10-23/h3-5,7-8,11,14-16,23-24,30-31H,6,9-10,12-13,17-18,29H2,1-2H3/b22-16-. The molecule has 2 aromatic carbocycles. The first-order valence-electron chi connectivity index (χ1n) is 11.6. The van der Waals surface area contributed by atoms with E-state index >= 15 is 0 Å². The Labute approximate surface area is 202 Å². The van der Waals surface area contributed by atoms with E-state index in [-0.39, 0.29) is 25.1 Å². The minimum absolute atomic E-state index is 0.161. The highest BCUT2D eigenvalue weighted by Gasteiger charge is 2.39. The van der Waals surface area contributed by atoms with E-state index in [1.807, 2.05) is 62.5 Å². The Bertz CT molecular complexity index is 955. The Morgan fingerprint density at radius 3 is 2.64 bits per heavy atom. The zero-order valence-electron chi connectivity index (χ0n) is 19.5. The monoisotopic (exact) mass is 470 g/mol. The third-order valence-corrected chi connectivity index (χ3v) is 6.95. The lowest BCUT2D eigenvalue weighted by Crippen LogP contribution is -2.34. The van der Waals surface area contributed by atoms with Gasteiger partial charge in [0.2, 0.25) is 0 Å². The summed E-state index contributed by atoms with van der Waals surface area (Å²) in [5.41, 5.74) is 8.76. The van der Waals surface area contributed by atoms with Crippen molar-refractivity contribution < 1.29 is 14.6 Å². The van der Waals surface area contributed by atoms with Crippen molar-refractivity contribution in [2.75, 3.05) is 0 Å². The van der Waals surface area contributed by atoms with Gasteiger partial charge in [0, 0.05) is 23.0 Å². The number of halogens is 1. The number of carbonyl (C=O) groups is 1. The SMILES string of the molecule is CC(C)(C(=O)OCc1ccccc1)C(CC/C(N)=C/NC1CCC1)c1ccc(Cl)c(CO)c1. The second-order valence-corrected chi connectivity index (χ2v) is 9.80. The minimum Gasteiger partial charge on any atom is -0.460 e. The number of aliphatic hydroxyl groups excluding tert-OH is 1. The first kappa shape index (κ1) is 25.1. The second kappa shape index (κ2) is 11.6. The van der Waals surface area contributed by atoms with Gasteiger partial charge in [-0.15, -0.1) is 0 Å². The van der Waals surface area contributed by atoms with Crippen molar-refractivity contribution in [1.82, 2.24) is 5.32 Å². The first-order chi connectivity index (χ1) is 15.8. The Balaban J connectivity index is 1.77. The molecule has 0 spiro atoms. The van der Waals surface area contributed by atoms with Gasteiger partial charge in [-0.25, -0.2) is 0 Å². The second-order valence-electron chi connectivity index (χ2n) is 9.40. The predicted molar refractivity (Wildman–Crippen MR) is 132 cm³/mol. The van der Waals surface area contributed by atoms with E-state index in [1.165, 1.54) is 19.3 Å². The third-order valence-electron chi connectivity index (χ3n) is 6.58. The van der Waals surface area contributed by atoms with Crippen molar-refractivity contribution in [3.05, 3.63) is 82.1 Å². The molecule has 0 aliphatic heterocycles. The molecule has 0 aromatic heterocycles. The van der Waals surface area contributed by atoms with Crippen LogP contribution in [0.3, 0.4) is 0 Å². The quantitative estimate of drug-likeness (QED) is 0.382. The van der Waals surface area contributed by atoms with E-state index in [2.05, 4.69) is 5.32 Å². The lowest BCUT2D eigenvalue weighted by atomic mass is 9.72. The lowest BCUT2D eigenvalue weighted by molar-refractivity contribution is -0.156. The van der Waals surface area contributed by atoms with Gasteiger partial charge in [0.1, 0.15) is 6.61 Å². The Morgan fingerprint density at radius 1 is 1.27 bits per heavy atom. The van der Waals surface area contributed by atoms with Gasteiger partial charge in [-0.2, -0.15) is 0 Å². The number of nitrogens with two attached hydrogens (primary N) is 1. The maximum Gasteiger partial charge on any atom is 0.312 e. The predicted octanol–water partition coefficient (Wildman–Crippen LogP) is 5.41. The molecule has 1 unspecified atom stereocenters. The molecule has 1 atom stereocenters. The van der Waals surface area contributed by atoms with Gasteiger partial charge in [-0.1, -0.05) is 54.1 Å². The zero-order chi connectivity index (χ0) is 23.8. The number of allylic oxidation sites excluding steroid dienone is 1. The highest BCUT2D eigenvalue weighted by molar-refractivity contribution is 6.31. The number of carbonyl (C=O) groups excluding carboxylic acids is 1. The number of benzene rings is 2. The van der Waals surface area contributed by atoms with Crippen molar-refractivity contribution in [3.63, 3.8) is 0 Å². The van der Waals surface area contributed by atoms with Crippen molar-refractivity contribution in [2.45, 2.75) is 71.1 Å². The molecule has 2 aromatic rings. The largest absolute Gasteiger partial charge is 0.460 e. The van der Waals surface area contributed by atoms with Crippen LogP contribution in [0, 0.1) is 5.41 Å². The van der Waals surface area contributed by atoms with E-state index in [4.69, 9.17) is 22.1 Å². The van der Waals surface area contributed by atoms with Gasteiger partial charge >= 0.3 is 5.97 Å². The molecule has 5 nitrogen and oxygen atoms in total. The molecule has 3 rings (SSSR count). The van der Waals surface area contributed by atoms with Crippen LogP contribution in [0.25, 0.3) is 0 Å². The summed E-state index contributed by atoms with van der Waals surface area (Å²) in [5, 5.41) is 13.6. The topological polar surface area (TPSA) is 84.6 Å². The number of esters is 1. The number of nitrogens with one attached hydrogen (secondary N) is 1. The molecule has 0 bridgehead atoms. The van der Waals surface area contributed by atoms with Crippen LogP contribution in [-0.4, -0.2) is 17.1 Å². The Morgan fingerprint density at radius 2 is 2.00 bits per heavy atom. The number of rotatable bonds is 11. The van der Waals surface area contributed by atoms with Crippen molar-refractivity contribution in [1.29, 1.82) is 0 Å². The molecule has 33 heavy (non-hydrogen) atoms. The van der Waals surface area contributed by atoms with E-state index in [0.29, 0.717) is 29.5 Å². The van der Waals surface area contributed by atoms with Gasteiger partial charge < -0.3 is 20.9 Å². The van der Waals surface area contributed by atoms with Crippen LogP contribution >= 0.6 is 11.6 Å². The van der Waals surface area contributed by atoms with Crippen LogP contribution < -0.4 is 11.1 Å². The molecule has 0 amide bonds. The van der Waals surface area contributed by atoms with Crippen molar-refractivity contribution in [2.24, 2.45) is 11.1 Å². The van der Waals surface area contributed by atoms with Gasteiger partial charge in [0.15, 0.2) is 0 Å². The average molecular weight is 471 g/mol. The maximum absolute atomic E-state index is 13.2. The summed E-state index contributed by atoms with van der Waals surface area (Å²) < 4.78 is 5.71. The average Bonchev–Trinajstić information content (AvgIpc) is 2.78. The van der Waals surface area contributed by atoms with Gasteiger partial charge in [-0.05, 0) is 74.6 Å². The van der Waals surface area contributed by atoms with Crippen molar-refractivity contribution in [3.8, 4) is 0 Å². The normalized spacial score (nSPS) is 15.6. The van der Waals surface area contributed by atoms with Gasteiger partial charge in [0.05, 0.1) is 12.0 Å². The molecule has 178 valence electrons. The van der Waals surface area contributed by atoms with E-state index in [1.54, 1.807) is 6.07 Å². The first-order valence-corrected chi connectivity index (χ1v) is 12.0. The van der Waals surface area contributed by atoms with Crippen molar-refractivity contribution >= 4 is 17.6 Å². The molecule has 1 fully saturated rings. The number of ether oxygens (including phenoxy) is 1. The molecule has 0 radical (unpaired) electrons. The molecule has 6 heteroatoms. The summed E-state index contributed by atoms with van der Waals surface area (Å²) in [6.45, 7) is 3.88.